The first-order chi connectivity index (χ1) is 13.7. The molecule has 0 unspecified atom stereocenters. The van der Waals surface area contributed by atoms with Crippen LogP contribution >= 0.6 is 11.3 Å². The minimum Gasteiger partial charge on any atom is -0.299 e. The zero-order chi connectivity index (χ0) is 19.3. The summed E-state index contributed by atoms with van der Waals surface area (Å²) in [5, 5.41) is 2.59. The molecule has 0 aliphatic carbocycles. The molecule has 0 radical (unpaired) electrons. The number of halogens is 1. The molecule has 146 valence electrons. The van der Waals surface area contributed by atoms with E-state index in [1.165, 1.54) is 23.5 Å². The second-order valence-corrected chi connectivity index (χ2v) is 8.15. The van der Waals surface area contributed by atoms with Gasteiger partial charge in [-0.1, -0.05) is 24.3 Å². The highest BCUT2D eigenvalue weighted by Crippen LogP contribution is 2.27. The second-order valence-electron chi connectivity index (χ2n) is 7.12. The number of carbonyl (C=O) groups is 1. The summed E-state index contributed by atoms with van der Waals surface area (Å²) in [6, 6.07) is 14.5. The number of rotatable bonds is 7. The van der Waals surface area contributed by atoms with Crippen LogP contribution < -0.4 is 0 Å². The Hall–Kier alpha value is -2.15. The number of carbonyl (C=O) groups excluding carboxylic acids is 1. The molecule has 0 saturated carbocycles. The molecule has 0 amide bonds. The molecule has 0 spiro atoms. The third-order valence-corrected chi connectivity index (χ3v) is 6.18. The van der Waals surface area contributed by atoms with Gasteiger partial charge in [0.15, 0.2) is 10.8 Å². The van der Waals surface area contributed by atoms with Crippen molar-refractivity contribution < 1.29 is 14.0 Å². The first kappa shape index (κ1) is 19.2. The number of thiazole rings is 1. The van der Waals surface area contributed by atoms with Crippen molar-refractivity contribution in [1.82, 2.24) is 10.0 Å². The molecule has 2 heterocycles. The number of aryl methyl sites for hydroxylation is 1. The number of aromatic nitrogens is 1. The highest BCUT2D eigenvalue weighted by Gasteiger charge is 2.28. The van der Waals surface area contributed by atoms with E-state index < -0.39 is 0 Å². The summed E-state index contributed by atoms with van der Waals surface area (Å²) >= 11 is 1.49. The van der Waals surface area contributed by atoms with Gasteiger partial charge < -0.3 is 0 Å². The van der Waals surface area contributed by atoms with E-state index in [4.69, 9.17) is 4.84 Å². The summed E-state index contributed by atoms with van der Waals surface area (Å²) in [5.41, 5.74) is 2.02. The summed E-state index contributed by atoms with van der Waals surface area (Å²) < 4.78 is 14.0. The van der Waals surface area contributed by atoms with Crippen LogP contribution in [0.15, 0.2) is 48.5 Å². The number of hydroxylamine groups is 2. The monoisotopic (exact) mass is 398 g/mol. The van der Waals surface area contributed by atoms with Gasteiger partial charge in [0, 0.05) is 19.0 Å². The quantitative estimate of drug-likeness (QED) is 0.420. The summed E-state index contributed by atoms with van der Waals surface area (Å²) in [6.07, 6.45) is 3.35. The first-order valence-electron chi connectivity index (χ1n) is 9.71. The van der Waals surface area contributed by atoms with E-state index in [9.17, 15) is 9.18 Å². The standard InChI is InChI=1S/C22H23FN2O2S/c23-18-9-7-16(8-10-18)4-3-15-27-25-13-11-17(12-14-25)21(26)22-24-19-5-1-2-6-20(19)28-22/h1-2,5-10,17H,3-4,11-15H2. The predicted octanol–water partition coefficient (Wildman–Crippen LogP) is 4.89. The number of ketones is 1. The number of fused-ring (bicyclic) bond motifs is 1. The molecular formula is C22H23FN2O2S. The number of Topliss-reactive ketones (excluding diaryl/α,β-unsaturated/α-hetero) is 1. The predicted molar refractivity (Wildman–Crippen MR) is 109 cm³/mol. The summed E-state index contributed by atoms with van der Waals surface area (Å²) in [6.45, 7) is 2.16. The molecule has 1 fully saturated rings. The van der Waals surface area contributed by atoms with Gasteiger partial charge in [0.25, 0.3) is 0 Å². The van der Waals surface area contributed by atoms with E-state index in [0.717, 1.165) is 54.6 Å². The lowest BCUT2D eigenvalue weighted by Crippen LogP contribution is -2.36. The zero-order valence-corrected chi connectivity index (χ0v) is 16.5. The molecule has 1 saturated heterocycles. The second kappa shape index (κ2) is 8.90. The fraction of sp³-hybridized carbons (Fsp3) is 0.364. The third kappa shape index (κ3) is 4.63. The van der Waals surface area contributed by atoms with Crippen molar-refractivity contribution in [2.45, 2.75) is 25.7 Å². The SMILES string of the molecule is O=C(c1nc2ccccc2s1)C1CCN(OCCCc2ccc(F)cc2)CC1. The van der Waals surface area contributed by atoms with Gasteiger partial charge in [-0.25, -0.2) is 9.37 Å². The topological polar surface area (TPSA) is 42.4 Å². The molecule has 1 aliphatic heterocycles. The van der Waals surface area contributed by atoms with Gasteiger partial charge in [0.1, 0.15) is 5.82 Å². The van der Waals surface area contributed by atoms with E-state index in [-0.39, 0.29) is 17.5 Å². The maximum Gasteiger partial charge on any atom is 0.194 e. The van der Waals surface area contributed by atoms with Crippen molar-refractivity contribution in [2.75, 3.05) is 19.7 Å². The molecule has 0 N–H and O–H groups in total. The lowest BCUT2D eigenvalue weighted by molar-refractivity contribution is -0.172. The molecule has 28 heavy (non-hydrogen) atoms. The Morgan fingerprint density at radius 1 is 1.14 bits per heavy atom. The van der Waals surface area contributed by atoms with Crippen LogP contribution in [0, 0.1) is 11.7 Å². The van der Waals surface area contributed by atoms with Crippen LogP contribution in [-0.2, 0) is 11.3 Å². The fourth-order valence-electron chi connectivity index (χ4n) is 3.52. The van der Waals surface area contributed by atoms with Crippen molar-refractivity contribution in [2.24, 2.45) is 5.92 Å². The minimum absolute atomic E-state index is 0.0274. The number of piperidine rings is 1. The fourth-order valence-corrected chi connectivity index (χ4v) is 4.50. The Labute approximate surface area is 167 Å². The molecule has 6 heteroatoms. The summed E-state index contributed by atoms with van der Waals surface area (Å²) in [4.78, 5) is 23.1. The summed E-state index contributed by atoms with van der Waals surface area (Å²) in [5.74, 6) is -0.0138. The van der Waals surface area contributed by atoms with Gasteiger partial charge in [-0.15, -0.1) is 11.3 Å². The van der Waals surface area contributed by atoms with Gasteiger partial charge >= 0.3 is 0 Å². The maximum atomic E-state index is 12.9. The molecule has 2 aromatic carbocycles. The molecule has 3 aromatic rings. The lowest BCUT2D eigenvalue weighted by Gasteiger charge is -2.30. The first-order valence-corrected chi connectivity index (χ1v) is 10.5. The van der Waals surface area contributed by atoms with Crippen molar-refractivity contribution in [3.8, 4) is 0 Å². The Morgan fingerprint density at radius 2 is 1.89 bits per heavy atom. The minimum atomic E-state index is -0.205. The van der Waals surface area contributed by atoms with E-state index >= 15 is 0 Å². The van der Waals surface area contributed by atoms with Crippen LogP contribution in [0.3, 0.4) is 0 Å². The van der Waals surface area contributed by atoms with Crippen LogP contribution in [0.2, 0.25) is 0 Å². The van der Waals surface area contributed by atoms with Gasteiger partial charge in [-0.2, -0.15) is 5.06 Å². The van der Waals surface area contributed by atoms with E-state index in [1.807, 2.05) is 41.5 Å². The van der Waals surface area contributed by atoms with Crippen molar-refractivity contribution >= 4 is 27.3 Å². The van der Waals surface area contributed by atoms with E-state index in [1.54, 1.807) is 0 Å². The highest BCUT2D eigenvalue weighted by molar-refractivity contribution is 7.20. The Bertz CT molecular complexity index is 900. The third-order valence-electron chi connectivity index (χ3n) is 5.13. The lowest BCUT2D eigenvalue weighted by atomic mass is 9.93. The number of hydrogen-bond acceptors (Lipinski definition) is 5. The van der Waals surface area contributed by atoms with Crippen molar-refractivity contribution in [3.63, 3.8) is 0 Å². The molecule has 4 rings (SSSR count). The van der Waals surface area contributed by atoms with Crippen LogP contribution in [0.25, 0.3) is 10.2 Å². The molecule has 1 aromatic heterocycles. The van der Waals surface area contributed by atoms with Gasteiger partial charge in [-0.3, -0.25) is 9.63 Å². The summed E-state index contributed by atoms with van der Waals surface area (Å²) in [7, 11) is 0. The van der Waals surface area contributed by atoms with Crippen LogP contribution in [0.4, 0.5) is 4.39 Å². The van der Waals surface area contributed by atoms with Crippen molar-refractivity contribution in [3.05, 3.63) is 64.9 Å². The molecule has 0 bridgehead atoms. The molecule has 1 aliphatic rings. The average Bonchev–Trinajstić information content (AvgIpc) is 3.17. The Balaban J connectivity index is 1.21. The van der Waals surface area contributed by atoms with Gasteiger partial charge in [0.2, 0.25) is 0 Å². The number of nitrogens with zero attached hydrogens (tertiary/aromatic N) is 2. The normalized spacial score (nSPS) is 15.9. The number of hydrogen-bond donors (Lipinski definition) is 0. The van der Waals surface area contributed by atoms with E-state index in [2.05, 4.69) is 4.98 Å². The van der Waals surface area contributed by atoms with Crippen LogP contribution in [-0.4, -0.2) is 35.5 Å². The number of benzene rings is 2. The van der Waals surface area contributed by atoms with Crippen LogP contribution in [0.1, 0.15) is 34.6 Å². The smallest absolute Gasteiger partial charge is 0.194 e. The van der Waals surface area contributed by atoms with Gasteiger partial charge in [0.05, 0.1) is 16.8 Å². The van der Waals surface area contributed by atoms with E-state index in [0.29, 0.717) is 11.6 Å². The molecular weight excluding hydrogens is 375 g/mol. The highest BCUT2D eigenvalue weighted by atomic mass is 32.1. The number of para-hydroxylation sites is 1. The zero-order valence-electron chi connectivity index (χ0n) is 15.6. The largest absolute Gasteiger partial charge is 0.299 e. The molecule has 0 atom stereocenters. The Kier molecular flexibility index (Phi) is 6.10. The maximum absolute atomic E-state index is 12.9. The van der Waals surface area contributed by atoms with Crippen molar-refractivity contribution in [1.29, 1.82) is 0 Å². The van der Waals surface area contributed by atoms with Gasteiger partial charge in [-0.05, 0) is 55.5 Å². The average molecular weight is 399 g/mol. The molecule has 4 nitrogen and oxygen atoms in total. The van der Waals surface area contributed by atoms with Crippen LogP contribution in [0.5, 0.6) is 0 Å². The Morgan fingerprint density at radius 3 is 2.64 bits per heavy atom.